The predicted octanol–water partition coefficient (Wildman–Crippen LogP) is 1.39. The molecule has 0 amide bonds. The van der Waals surface area contributed by atoms with E-state index in [9.17, 15) is 29.4 Å². The number of carboxylic acids is 1. The van der Waals surface area contributed by atoms with Crippen molar-refractivity contribution in [2.45, 2.75) is 32.9 Å². The van der Waals surface area contributed by atoms with Gasteiger partial charge in [0.1, 0.15) is 30.7 Å². The minimum Gasteiger partial charge on any atom is -0.477 e. The molecule has 1 aliphatic rings. The Kier molecular flexibility index (Phi) is 9.59. The van der Waals surface area contributed by atoms with E-state index < -0.39 is 40.8 Å². The monoisotopic (exact) mass is 533 g/mol. The van der Waals surface area contributed by atoms with Gasteiger partial charge < -0.3 is 29.2 Å². The molecule has 1 unspecified atom stereocenters. The molecule has 0 aliphatic carbocycles. The van der Waals surface area contributed by atoms with E-state index in [1.54, 1.807) is 10.6 Å². The molecular formula is C26H32FN3O8. The third-order valence-corrected chi connectivity index (χ3v) is 6.26. The van der Waals surface area contributed by atoms with Crippen molar-refractivity contribution in [2.24, 2.45) is 0 Å². The molecule has 1 aromatic carbocycles. The third-order valence-electron chi connectivity index (χ3n) is 6.26. The van der Waals surface area contributed by atoms with Gasteiger partial charge in [-0.2, -0.15) is 0 Å². The summed E-state index contributed by atoms with van der Waals surface area (Å²) in [6.07, 6.45) is 0.235. The zero-order valence-electron chi connectivity index (χ0n) is 21.4. The summed E-state index contributed by atoms with van der Waals surface area (Å²) in [7, 11) is 0. The predicted molar refractivity (Wildman–Crippen MR) is 137 cm³/mol. The van der Waals surface area contributed by atoms with E-state index in [2.05, 4.69) is 6.58 Å². The van der Waals surface area contributed by atoms with Crippen molar-refractivity contribution < 1.29 is 38.5 Å². The number of nitrogens with zero attached hydrogens (tertiary/aromatic N) is 3. The zero-order valence-corrected chi connectivity index (χ0v) is 21.4. The van der Waals surface area contributed by atoms with E-state index in [1.165, 1.54) is 13.1 Å². The quantitative estimate of drug-likeness (QED) is 0.322. The molecule has 206 valence electrons. The summed E-state index contributed by atoms with van der Waals surface area (Å²) < 4.78 is 26.5. The van der Waals surface area contributed by atoms with E-state index in [-0.39, 0.29) is 30.6 Å². The van der Waals surface area contributed by atoms with Gasteiger partial charge in [-0.1, -0.05) is 6.58 Å². The number of aromatic carboxylic acids is 1. The van der Waals surface area contributed by atoms with Gasteiger partial charge in [0.05, 0.1) is 17.6 Å². The van der Waals surface area contributed by atoms with Gasteiger partial charge in [0.25, 0.3) is 0 Å². The number of carboxylic acid groups (broad SMARTS) is 1. The number of hydrogen-bond donors (Lipinski definition) is 2. The Morgan fingerprint density at radius 2 is 1.79 bits per heavy atom. The lowest BCUT2D eigenvalue weighted by Crippen LogP contribution is -2.47. The minimum atomic E-state index is -1.36. The molecule has 0 saturated carbocycles. The van der Waals surface area contributed by atoms with E-state index >= 15 is 4.39 Å². The highest BCUT2D eigenvalue weighted by atomic mass is 19.1. The van der Waals surface area contributed by atoms with Gasteiger partial charge in [0.15, 0.2) is 0 Å². The van der Waals surface area contributed by atoms with Crippen LogP contribution >= 0.6 is 0 Å². The summed E-state index contributed by atoms with van der Waals surface area (Å²) in [5.74, 6) is -3.10. The summed E-state index contributed by atoms with van der Waals surface area (Å²) in [6.45, 7) is 9.02. The first-order valence-corrected chi connectivity index (χ1v) is 12.2. The second kappa shape index (κ2) is 12.7. The van der Waals surface area contributed by atoms with Crippen LogP contribution in [-0.4, -0.2) is 89.6 Å². The molecule has 1 saturated heterocycles. The van der Waals surface area contributed by atoms with Crippen LogP contribution in [0.4, 0.5) is 10.1 Å². The maximum absolute atomic E-state index is 15.0. The smallest absolute Gasteiger partial charge is 0.341 e. The molecule has 1 atom stereocenters. The first-order chi connectivity index (χ1) is 18.0. The van der Waals surface area contributed by atoms with Crippen molar-refractivity contribution in [3.05, 3.63) is 52.1 Å². The lowest BCUT2D eigenvalue weighted by molar-refractivity contribution is -0.150. The number of benzene rings is 1. The molecule has 0 radical (unpaired) electrons. The molecule has 1 fully saturated rings. The molecule has 2 heterocycles. The van der Waals surface area contributed by atoms with Gasteiger partial charge in [0, 0.05) is 56.4 Å². The van der Waals surface area contributed by atoms with Crippen LogP contribution in [0.15, 0.2) is 35.3 Å². The van der Waals surface area contributed by atoms with Crippen LogP contribution in [0, 0.1) is 5.82 Å². The number of aliphatic hydroxyl groups excluding tert-OH is 1. The lowest BCUT2D eigenvalue weighted by Gasteiger charge is -2.36. The first kappa shape index (κ1) is 28.8. The van der Waals surface area contributed by atoms with Crippen LogP contribution in [0.25, 0.3) is 10.9 Å². The SMILES string of the molecule is C=C(C)C(=O)OCC(O)COC(=O)CCN1CCN(c2cc3c(cc2F)c(=O)c(C(=O)O)cn3CC)CC1. The number of piperazine rings is 1. The first-order valence-electron chi connectivity index (χ1n) is 12.2. The van der Waals surface area contributed by atoms with E-state index in [0.29, 0.717) is 50.5 Å². The number of halogens is 1. The number of carbonyl (C=O) groups is 3. The number of hydrogen-bond acceptors (Lipinski definition) is 9. The van der Waals surface area contributed by atoms with Gasteiger partial charge >= 0.3 is 17.9 Å². The summed E-state index contributed by atoms with van der Waals surface area (Å²) in [5, 5.41) is 19.1. The Labute approximate surface area is 218 Å². The highest BCUT2D eigenvalue weighted by Crippen LogP contribution is 2.26. The van der Waals surface area contributed by atoms with Gasteiger partial charge in [-0.25, -0.2) is 14.0 Å². The van der Waals surface area contributed by atoms with Crippen LogP contribution in [0.1, 0.15) is 30.6 Å². The van der Waals surface area contributed by atoms with E-state index in [0.717, 1.165) is 6.07 Å². The molecule has 3 rings (SSSR count). The number of fused-ring (bicyclic) bond motifs is 1. The summed E-state index contributed by atoms with van der Waals surface area (Å²) in [5.41, 5.74) is -0.143. The normalized spacial score (nSPS) is 14.8. The second-order valence-corrected chi connectivity index (χ2v) is 9.08. The Bertz CT molecular complexity index is 1280. The lowest BCUT2D eigenvalue weighted by atomic mass is 10.1. The van der Waals surface area contributed by atoms with Crippen molar-refractivity contribution in [2.75, 3.05) is 50.8 Å². The number of pyridine rings is 1. The van der Waals surface area contributed by atoms with Gasteiger partial charge in [-0.3, -0.25) is 14.5 Å². The van der Waals surface area contributed by atoms with Crippen LogP contribution in [0.3, 0.4) is 0 Å². The fourth-order valence-corrected chi connectivity index (χ4v) is 4.12. The van der Waals surface area contributed by atoms with Crippen molar-refractivity contribution in [1.29, 1.82) is 0 Å². The maximum Gasteiger partial charge on any atom is 0.341 e. The zero-order chi connectivity index (χ0) is 28.0. The number of ether oxygens (including phenoxy) is 2. The maximum atomic E-state index is 15.0. The van der Waals surface area contributed by atoms with Crippen molar-refractivity contribution in [3.8, 4) is 0 Å². The van der Waals surface area contributed by atoms with Gasteiger partial charge in [-0.15, -0.1) is 0 Å². The Balaban J connectivity index is 1.53. The van der Waals surface area contributed by atoms with Gasteiger partial charge in [-0.05, 0) is 26.0 Å². The van der Waals surface area contributed by atoms with Crippen LogP contribution < -0.4 is 10.3 Å². The fourth-order valence-electron chi connectivity index (χ4n) is 4.12. The number of carbonyl (C=O) groups excluding carboxylic acids is 2. The largest absolute Gasteiger partial charge is 0.477 e. The molecule has 1 aromatic heterocycles. The minimum absolute atomic E-state index is 0.0178. The molecule has 11 nitrogen and oxygen atoms in total. The summed E-state index contributed by atoms with van der Waals surface area (Å²) in [4.78, 5) is 51.2. The highest BCUT2D eigenvalue weighted by molar-refractivity contribution is 5.93. The average Bonchev–Trinajstić information content (AvgIpc) is 2.89. The number of esters is 2. The average molecular weight is 534 g/mol. The van der Waals surface area contributed by atoms with Crippen LogP contribution in [0.2, 0.25) is 0 Å². The van der Waals surface area contributed by atoms with Gasteiger partial charge in [0.2, 0.25) is 5.43 Å². The topological polar surface area (TPSA) is 139 Å². The molecule has 0 spiro atoms. The van der Waals surface area contributed by atoms with E-state index in [1.807, 2.05) is 16.7 Å². The molecule has 2 N–H and O–H groups in total. The molecular weight excluding hydrogens is 501 g/mol. The number of aromatic nitrogens is 1. The number of aliphatic hydroxyl groups is 1. The Morgan fingerprint density at radius 1 is 1.13 bits per heavy atom. The molecule has 1 aliphatic heterocycles. The summed E-state index contributed by atoms with van der Waals surface area (Å²) in [6, 6.07) is 2.68. The van der Waals surface area contributed by atoms with Crippen LogP contribution in [-0.2, 0) is 25.6 Å². The summed E-state index contributed by atoms with van der Waals surface area (Å²) >= 11 is 0. The molecule has 2 aromatic rings. The van der Waals surface area contributed by atoms with Crippen molar-refractivity contribution in [3.63, 3.8) is 0 Å². The third kappa shape index (κ3) is 6.95. The standard InChI is InChI=1S/C26H32FN3O8/c1-4-29-13-19(25(34)35)24(33)18-11-20(27)22(12-21(18)29)30-9-7-28(8-10-30)6-5-23(32)37-14-17(31)15-38-26(36)16(2)3/h11-13,17,31H,2,4-10,14-15H2,1,3H3,(H,34,35). The van der Waals surface area contributed by atoms with Crippen LogP contribution in [0.5, 0.6) is 0 Å². The highest BCUT2D eigenvalue weighted by Gasteiger charge is 2.23. The number of aryl methyl sites for hydroxylation is 1. The Hall–Kier alpha value is -3.77. The number of anilines is 1. The second-order valence-electron chi connectivity index (χ2n) is 9.08. The van der Waals surface area contributed by atoms with Crippen molar-refractivity contribution >= 4 is 34.5 Å². The molecule has 12 heteroatoms. The number of rotatable bonds is 11. The fraction of sp³-hybridized carbons (Fsp3) is 0.462. The Morgan fingerprint density at radius 3 is 2.39 bits per heavy atom. The molecule has 0 bridgehead atoms. The van der Waals surface area contributed by atoms with E-state index in [4.69, 9.17) is 9.47 Å². The molecule has 38 heavy (non-hydrogen) atoms. The van der Waals surface area contributed by atoms with Crippen molar-refractivity contribution in [1.82, 2.24) is 9.47 Å².